The smallest absolute Gasteiger partial charge is 0.419 e. The van der Waals surface area contributed by atoms with Crippen LogP contribution in [-0.4, -0.2) is 50.6 Å². The van der Waals surface area contributed by atoms with Gasteiger partial charge < -0.3 is 14.4 Å². The highest BCUT2D eigenvalue weighted by Crippen LogP contribution is 2.36. The van der Waals surface area contributed by atoms with Crippen molar-refractivity contribution >= 4 is 6.29 Å². The zero-order valence-corrected chi connectivity index (χ0v) is 11.5. The number of hydrogen-bond acceptors (Lipinski definition) is 4. The Bertz CT molecular complexity index is 505. The van der Waals surface area contributed by atoms with Crippen LogP contribution in [0.5, 0.6) is 5.75 Å². The second kappa shape index (κ2) is 6.44. The molecule has 7 heteroatoms. The first kappa shape index (κ1) is 15.8. The highest BCUT2D eigenvalue weighted by molar-refractivity contribution is 5.75. The molecule has 0 radical (unpaired) electrons. The Morgan fingerprint density at radius 3 is 2.86 bits per heavy atom. The van der Waals surface area contributed by atoms with Crippen molar-refractivity contribution in [2.45, 2.75) is 12.3 Å². The Kier molecular flexibility index (Phi) is 4.84. The van der Waals surface area contributed by atoms with E-state index in [1.807, 2.05) is 11.9 Å². The van der Waals surface area contributed by atoms with E-state index in [-0.39, 0.29) is 24.0 Å². The first-order valence-electron chi connectivity index (χ1n) is 6.49. The van der Waals surface area contributed by atoms with Gasteiger partial charge in [-0.3, -0.25) is 4.79 Å². The van der Waals surface area contributed by atoms with Crippen LogP contribution >= 0.6 is 0 Å². The van der Waals surface area contributed by atoms with Gasteiger partial charge in [-0.25, -0.2) is 0 Å². The van der Waals surface area contributed by atoms with Crippen LogP contribution in [0.4, 0.5) is 13.2 Å². The third-order valence-electron chi connectivity index (χ3n) is 3.21. The summed E-state index contributed by atoms with van der Waals surface area (Å²) in [5.41, 5.74) is -0.986. The topological polar surface area (TPSA) is 38.8 Å². The number of hydrogen-bond donors (Lipinski definition) is 0. The van der Waals surface area contributed by atoms with Gasteiger partial charge in [0.25, 0.3) is 0 Å². The fourth-order valence-corrected chi connectivity index (χ4v) is 2.12. The maximum absolute atomic E-state index is 13.0. The second-order valence-corrected chi connectivity index (χ2v) is 4.94. The average Bonchev–Trinajstić information content (AvgIpc) is 2.44. The maximum atomic E-state index is 13.0. The van der Waals surface area contributed by atoms with E-state index in [1.165, 1.54) is 12.1 Å². The SMILES string of the molecule is CN1CCOC(COc2ccc(C=O)cc2C(F)(F)F)C1. The molecular weight excluding hydrogens is 287 g/mol. The molecule has 0 bridgehead atoms. The van der Waals surface area contributed by atoms with Crippen LogP contribution in [0.1, 0.15) is 15.9 Å². The molecule has 1 unspecified atom stereocenters. The minimum Gasteiger partial charge on any atom is -0.490 e. The van der Waals surface area contributed by atoms with E-state index in [9.17, 15) is 18.0 Å². The number of rotatable bonds is 4. The van der Waals surface area contributed by atoms with E-state index in [0.717, 1.165) is 12.6 Å². The predicted molar refractivity (Wildman–Crippen MR) is 69.6 cm³/mol. The van der Waals surface area contributed by atoms with E-state index in [0.29, 0.717) is 19.4 Å². The number of nitrogens with zero attached hydrogens (tertiary/aromatic N) is 1. The fourth-order valence-electron chi connectivity index (χ4n) is 2.12. The summed E-state index contributed by atoms with van der Waals surface area (Å²) in [6.45, 7) is 1.96. The van der Waals surface area contributed by atoms with Crippen molar-refractivity contribution in [3.05, 3.63) is 29.3 Å². The van der Waals surface area contributed by atoms with Gasteiger partial charge in [0, 0.05) is 18.7 Å². The van der Waals surface area contributed by atoms with Gasteiger partial charge in [0.05, 0.1) is 12.2 Å². The van der Waals surface area contributed by atoms with Crippen LogP contribution in [-0.2, 0) is 10.9 Å². The lowest BCUT2D eigenvalue weighted by Gasteiger charge is -2.30. The van der Waals surface area contributed by atoms with Crippen LogP contribution < -0.4 is 4.74 Å². The summed E-state index contributed by atoms with van der Waals surface area (Å²) < 4.78 is 49.6. The van der Waals surface area contributed by atoms with Crippen molar-refractivity contribution in [2.24, 2.45) is 0 Å². The molecule has 0 aliphatic carbocycles. The van der Waals surface area contributed by atoms with E-state index < -0.39 is 11.7 Å². The van der Waals surface area contributed by atoms with Crippen molar-refractivity contribution in [1.82, 2.24) is 4.90 Å². The predicted octanol–water partition coefficient (Wildman–Crippen LogP) is 2.23. The summed E-state index contributed by atoms with van der Waals surface area (Å²) in [5.74, 6) is -0.287. The molecule has 1 aromatic rings. The van der Waals surface area contributed by atoms with Crippen LogP contribution in [0.3, 0.4) is 0 Å². The maximum Gasteiger partial charge on any atom is 0.419 e. The number of alkyl halides is 3. The molecule has 1 aliphatic rings. The van der Waals surface area contributed by atoms with Gasteiger partial charge in [-0.15, -0.1) is 0 Å². The lowest BCUT2D eigenvalue weighted by molar-refractivity contribution is -0.139. The Balaban J connectivity index is 2.10. The number of carbonyl (C=O) groups excluding carboxylic acids is 1. The van der Waals surface area contributed by atoms with Crippen LogP contribution in [0, 0.1) is 0 Å². The van der Waals surface area contributed by atoms with Crippen LogP contribution in [0.25, 0.3) is 0 Å². The van der Waals surface area contributed by atoms with E-state index in [1.54, 1.807) is 0 Å². The molecule has 0 spiro atoms. The molecule has 0 amide bonds. The van der Waals surface area contributed by atoms with Gasteiger partial charge in [-0.2, -0.15) is 13.2 Å². The first-order valence-corrected chi connectivity index (χ1v) is 6.49. The summed E-state index contributed by atoms with van der Waals surface area (Å²) in [7, 11) is 1.91. The quantitative estimate of drug-likeness (QED) is 0.800. The van der Waals surface area contributed by atoms with Crippen molar-refractivity contribution < 1.29 is 27.4 Å². The highest BCUT2D eigenvalue weighted by Gasteiger charge is 2.35. The zero-order chi connectivity index (χ0) is 15.5. The fraction of sp³-hybridized carbons (Fsp3) is 0.500. The molecule has 1 heterocycles. The molecule has 1 aromatic carbocycles. The Hall–Kier alpha value is -1.60. The van der Waals surface area contributed by atoms with Gasteiger partial charge in [-0.1, -0.05) is 0 Å². The summed E-state index contributed by atoms with van der Waals surface area (Å²) in [6.07, 6.45) is -4.47. The first-order chi connectivity index (χ1) is 9.90. The number of halogens is 3. The Morgan fingerprint density at radius 2 is 2.24 bits per heavy atom. The molecule has 1 aliphatic heterocycles. The largest absolute Gasteiger partial charge is 0.490 e. The molecule has 1 saturated heterocycles. The van der Waals surface area contributed by atoms with E-state index >= 15 is 0 Å². The molecule has 1 atom stereocenters. The number of benzene rings is 1. The number of ether oxygens (including phenoxy) is 2. The van der Waals surface area contributed by atoms with Crippen LogP contribution in [0.2, 0.25) is 0 Å². The lowest BCUT2D eigenvalue weighted by atomic mass is 10.1. The molecular formula is C14H16F3NO3. The standard InChI is InChI=1S/C14H16F3NO3/c1-18-4-5-20-11(7-18)9-21-13-3-2-10(8-19)6-12(13)14(15,16)17/h2-3,6,8,11H,4-5,7,9H2,1H3. The monoisotopic (exact) mass is 303 g/mol. The van der Waals surface area contributed by atoms with Crippen molar-refractivity contribution in [1.29, 1.82) is 0 Å². The van der Waals surface area contributed by atoms with Crippen molar-refractivity contribution in [2.75, 3.05) is 33.4 Å². The van der Waals surface area contributed by atoms with Gasteiger partial charge in [-0.05, 0) is 25.2 Å². The van der Waals surface area contributed by atoms with Crippen molar-refractivity contribution in [3.8, 4) is 5.75 Å². The number of likely N-dealkylation sites (N-methyl/N-ethyl adjacent to an activating group) is 1. The molecule has 0 aromatic heterocycles. The molecule has 0 N–H and O–H groups in total. The Morgan fingerprint density at radius 1 is 1.48 bits per heavy atom. The summed E-state index contributed by atoms with van der Waals surface area (Å²) >= 11 is 0. The molecule has 116 valence electrons. The lowest BCUT2D eigenvalue weighted by Crippen LogP contribution is -2.42. The third kappa shape index (κ3) is 4.18. The molecule has 0 saturated carbocycles. The summed E-state index contributed by atoms with van der Waals surface area (Å²) in [5, 5.41) is 0. The van der Waals surface area contributed by atoms with Crippen molar-refractivity contribution in [3.63, 3.8) is 0 Å². The summed E-state index contributed by atoms with van der Waals surface area (Å²) in [4.78, 5) is 12.6. The third-order valence-corrected chi connectivity index (χ3v) is 3.21. The zero-order valence-electron chi connectivity index (χ0n) is 11.5. The minimum atomic E-state index is -4.57. The molecule has 1 fully saturated rings. The van der Waals surface area contributed by atoms with Gasteiger partial charge in [0.2, 0.25) is 0 Å². The van der Waals surface area contributed by atoms with Crippen LogP contribution in [0.15, 0.2) is 18.2 Å². The van der Waals surface area contributed by atoms with Gasteiger partial charge in [0.1, 0.15) is 24.7 Å². The Labute approximate surface area is 120 Å². The summed E-state index contributed by atoms with van der Waals surface area (Å²) in [6, 6.07) is 3.25. The second-order valence-electron chi connectivity index (χ2n) is 4.94. The highest BCUT2D eigenvalue weighted by atomic mass is 19.4. The average molecular weight is 303 g/mol. The number of aldehydes is 1. The van der Waals surface area contributed by atoms with E-state index in [2.05, 4.69) is 0 Å². The van der Waals surface area contributed by atoms with Gasteiger partial charge >= 0.3 is 6.18 Å². The number of carbonyl (C=O) groups is 1. The molecule has 2 rings (SSSR count). The molecule has 4 nitrogen and oxygen atoms in total. The minimum absolute atomic E-state index is 0.0356. The normalized spacial score (nSPS) is 20.3. The van der Waals surface area contributed by atoms with Gasteiger partial charge in [0.15, 0.2) is 0 Å². The number of morpholine rings is 1. The molecule has 21 heavy (non-hydrogen) atoms. The van der Waals surface area contributed by atoms with E-state index in [4.69, 9.17) is 9.47 Å².